The Labute approximate surface area is 142 Å². The molecule has 112 valence electrons. The molecule has 0 bridgehead atoms. The van der Waals surface area contributed by atoms with Crippen LogP contribution in [-0.4, -0.2) is 17.6 Å². The number of ether oxygens (including phenoxy) is 1. The third-order valence-electron chi connectivity index (χ3n) is 2.56. The Balaban J connectivity index is 1.78. The first-order valence-electron chi connectivity index (χ1n) is 6.39. The van der Waals surface area contributed by atoms with Crippen LogP contribution in [0.15, 0.2) is 47.1 Å². The molecule has 0 aliphatic carbocycles. The molecule has 0 aliphatic rings. The third-order valence-corrected chi connectivity index (χ3v) is 3.30. The molecule has 1 N–H and O–H groups in total. The predicted octanol–water partition coefficient (Wildman–Crippen LogP) is 3.78. The third kappa shape index (κ3) is 5.40. The van der Waals surface area contributed by atoms with Gasteiger partial charge in [0.05, 0.1) is 12.1 Å². The van der Waals surface area contributed by atoms with E-state index in [1.807, 2.05) is 30.3 Å². The number of halogens is 2. The highest BCUT2D eigenvalue weighted by Gasteiger charge is 2.01. The van der Waals surface area contributed by atoms with Crippen LogP contribution in [0, 0.1) is 11.8 Å². The van der Waals surface area contributed by atoms with Gasteiger partial charge in [-0.2, -0.15) is 0 Å². The van der Waals surface area contributed by atoms with Crippen molar-refractivity contribution in [2.75, 3.05) is 6.54 Å². The largest absolute Gasteiger partial charge is 0.445 e. The summed E-state index contributed by atoms with van der Waals surface area (Å²) in [4.78, 5) is 15.5. The van der Waals surface area contributed by atoms with Crippen LogP contribution in [0.3, 0.4) is 0 Å². The summed E-state index contributed by atoms with van der Waals surface area (Å²) in [5.74, 6) is 5.63. The van der Waals surface area contributed by atoms with Crippen LogP contribution >= 0.6 is 27.5 Å². The molecule has 1 aromatic heterocycles. The number of nitrogens with one attached hydrogen (secondary N) is 1. The second-order valence-electron chi connectivity index (χ2n) is 4.21. The number of benzene rings is 1. The van der Waals surface area contributed by atoms with Gasteiger partial charge in [0.15, 0.2) is 0 Å². The van der Waals surface area contributed by atoms with Gasteiger partial charge in [0.2, 0.25) is 0 Å². The van der Waals surface area contributed by atoms with Crippen molar-refractivity contribution in [2.24, 2.45) is 0 Å². The van der Waals surface area contributed by atoms with E-state index >= 15 is 0 Å². The van der Waals surface area contributed by atoms with Gasteiger partial charge >= 0.3 is 6.09 Å². The number of carbonyl (C=O) groups is 1. The minimum absolute atomic E-state index is 0.163. The number of hydrogen-bond acceptors (Lipinski definition) is 3. The average molecular weight is 380 g/mol. The van der Waals surface area contributed by atoms with Gasteiger partial charge in [-0.1, -0.05) is 53.8 Å². The molecule has 0 spiro atoms. The molecule has 4 nitrogen and oxygen atoms in total. The van der Waals surface area contributed by atoms with Gasteiger partial charge < -0.3 is 10.1 Å². The van der Waals surface area contributed by atoms with E-state index in [0.717, 1.165) is 10.0 Å². The quantitative estimate of drug-likeness (QED) is 0.652. The first kappa shape index (κ1) is 16.3. The summed E-state index contributed by atoms with van der Waals surface area (Å²) < 4.78 is 5.85. The van der Waals surface area contributed by atoms with E-state index in [4.69, 9.17) is 16.3 Å². The number of amides is 1. The first-order valence-corrected chi connectivity index (χ1v) is 7.57. The summed E-state index contributed by atoms with van der Waals surface area (Å²) in [7, 11) is 0. The van der Waals surface area contributed by atoms with Crippen LogP contribution < -0.4 is 5.32 Å². The summed E-state index contributed by atoms with van der Waals surface area (Å²) in [6.45, 7) is 0.387. The topological polar surface area (TPSA) is 51.2 Å². The van der Waals surface area contributed by atoms with Gasteiger partial charge in [-0.3, -0.25) is 0 Å². The van der Waals surface area contributed by atoms with Gasteiger partial charge in [0, 0.05) is 10.7 Å². The van der Waals surface area contributed by atoms with E-state index in [-0.39, 0.29) is 13.2 Å². The molecular formula is C16H12BrClN2O2. The minimum atomic E-state index is -0.517. The monoisotopic (exact) mass is 378 g/mol. The van der Waals surface area contributed by atoms with E-state index in [0.29, 0.717) is 10.7 Å². The van der Waals surface area contributed by atoms with Gasteiger partial charge in [-0.15, -0.1) is 0 Å². The SMILES string of the molecule is O=C(NCC#Cc1cc(Br)cnc1Cl)OCc1ccccc1. The fourth-order valence-electron chi connectivity index (χ4n) is 1.54. The van der Waals surface area contributed by atoms with E-state index in [9.17, 15) is 4.79 Å². The number of nitrogens with zero attached hydrogens (tertiary/aromatic N) is 1. The van der Waals surface area contributed by atoms with E-state index in [1.54, 1.807) is 12.3 Å². The molecule has 0 radical (unpaired) electrons. The van der Waals surface area contributed by atoms with Gasteiger partial charge in [-0.25, -0.2) is 9.78 Å². The molecule has 22 heavy (non-hydrogen) atoms. The average Bonchev–Trinajstić information content (AvgIpc) is 2.53. The molecule has 0 fully saturated rings. The number of rotatable bonds is 3. The Morgan fingerprint density at radius 1 is 1.36 bits per heavy atom. The van der Waals surface area contributed by atoms with E-state index in [2.05, 4.69) is 38.1 Å². The molecule has 0 unspecified atom stereocenters. The molecule has 0 saturated carbocycles. The summed E-state index contributed by atoms with van der Waals surface area (Å²) in [5.41, 5.74) is 1.52. The number of hydrogen-bond donors (Lipinski definition) is 1. The van der Waals surface area contributed by atoms with Crippen molar-refractivity contribution in [3.8, 4) is 11.8 Å². The lowest BCUT2D eigenvalue weighted by atomic mass is 10.2. The Bertz CT molecular complexity index is 711. The highest BCUT2D eigenvalue weighted by molar-refractivity contribution is 9.10. The molecule has 0 atom stereocenters. The number of aromatic nitrogens is 1. The fraction of sp³-hybridized carbons (Fsp3) is 0.125. The summed E-state index contributed by atoms with van der Waals surface area (Å²) >= 11 is 9.20. The highest BCUT2D eigenvalue weighted by atomic mass is 79.9. The second kappa shape index (κ2) is 8.42. The summed E-state index contributed by atoms with van der Waals surface area (Å²) in [6, 6.07) is 11.2. The van der Waals surface area contributed by atoms with Crippen molar-refractivity contribution in [2.45, 2.75) is 6.61 Å². The Kier molecular flexibility index (Phi) is 6.26. The smallest absolute Gasteiger partial charge is 0.408 e. The molecule has 0 aliphatic heterocycles. The van der Waals surface area contributed by atoms with Crippen molar-refractivity contribution in [1.29, 1.82) is 0 Å². The molecule has 1 aromatic carbocycles. The number of pyridine rings is 1. The molecule has 1 amide bonds. The van der Waals surface area contributed by atoms with Crippen molar-refractivity contribution in [1.82, 2.24) is 10.3 Å². The van der Waals surface area contributed by atoms with Crippen LogP contribution in [0.1, 0.15) is 11.1 Å². The zero-order valence-corrected chi connectivity index (χ0v) is 13.8. The Hall–Kier alpha value is -2.03. The second-order valence-corrected chi connectivity index (χ2v) is 5.48. The van der Waals surface area contributed by atoms with E-state index < -0.39 is 6.09 Å². The molecule has 2 rings (SSSR count). The lowest BCUT2D eigenvalue weighted by molar-refractivity contribution is 0.141. The maximum atomic E-state index is 11.5. The molecule has 0 saturated heterocycles. The minimum Gasteiger partial charge on any atom is -0.445 e. The lowest BCUT2D eigenvalue weighted by Crippen LogP contribution is -2.24. The normalized spacial score (nSPS) is 9.55. The fourth-order valence-corrected chi connectivity index (χ4v) is 2.02. The van der Waals surface area contributed by atoms with Gasteiger partial charge in [-0.05, 0) is 27.6 Å². The number of alkyl carbamates (subject to hydrolysis) is 1. The van der Waals surface area contributed by atoms with E-state index in [1.165, 1.54) is 0 Å². The Morgan fingerprint density at radius 3 is 2.91 bits per heavy atom. The van der Waals surface area contributed by atoms with Crippen molar-refractivity contribution in [3.05, 3.63) is 63.3 Å². The molecule has 6 heteroatoms. The predicted molar refractivity (Wildman–Crippen MR) is 88.5 cm³/mol. The summed E-state index contributed by atoms with van der Waals surface area (Å²) in [5, 5.41) is 2.87. The molecular weight excluding hydrogens is 368 g/mol. The van der Waals surface area contributed by atoms with Crippen LogP contribution in [0.4, 0.5) is 4.79 Å². The maximum Gasteiger partial charge on any atom is 0.408 e. The summed E-state index contributed by atoms with van der Waals surface area (Å²) in [6.07, 6.45) is 1.07. The van der Waals surface area contributed by atoms with Crippen LogP contribution in [0.5, 0.6) is 0 Å². The number of carbonyl (C=O) groups excluding carboxylic acids is 1. The van der Waals surface area contributed by atoms with Crippen molar-refractivity contribution >= 4 is 33.6 Å². The zero-order valence-electron chi connectivity index (χ0n) is 11.5. The molecule has 2 aromatic rings. The van der Waals surface area contributed by atoms with Gasteiger partial charge in [0.25, 0.3) is 0 Å². The first-order chi connectivity index (χ1) is 10.6. The Morgan fingerprint density at radius 2 is 2.14 bits per heavy atom. The molecule has 1 heterocycles. The van der Waals surface area contributed by atoms with Crippen LogP contribution in [0.25, 0.3) is 0 Å². The van der Waals surface area contributed by atoms with Crippen molar-refractivity contribution < 1.29 is 9.53 Å². The van der Waals surface area contributed by atoms with Crippen LogP contribution in [-0.2, 0) is 11.3 Å². The maximum absolute atomic E-state index is 11.5. The zero-order chi connectivity index (χ0) is 15.8. The van der Waals surface area contributed by atoms with Gasteiger partial charge in [0.1, 0.15) is 11.8 Å². The van der Waals surface area contributed by atoms with Crippen molar-refractivity contribution in [3.63, 3.8) is 0 Å². The standard InChI is InChI=1S/C16H12BrClN2O2/c17-14-9-13(15(18)20-10-14)7-4-8-19-16(21)22-11-12-5-2-1-3-6-12/h1-3,5-6,9-10H,8,11H2,(H,19,21). The highest BCUT2D eigenvalue weighted by Crippen LogP contribution is 2.16. The van der Waals surface area contributed by atoms with Crippen LogP contribution in [0.2, 0.25) is 5.15 Å². The lowest BCUT2D eigenvalue weighted by Gasteiger charge is -2.04.